The summed E-state index contributed by atoms with van der Waals surface area (Å²) in [4.78, 5) is 35.9. The molecule has 1 heterocycles. The molecule has 0 unspecified atom stereocenters. The summed E-state index contributed by atoms with van der Waals surface area (Å²) in [7, 11) is 1.53. The summed E-state index contributed by atoms with van der Waals surface area (Å²) in [5, 5.41) is 14.6. The van der Waals surface area contributed by atoms with Crippen molar-refractivity contribution in [2.45, 2.75) is 18.9 Å². The number of carbonyl (C=O) groups is 3. The van der Waals surface area contributed by atoms with Crippen LogP contribution in [-0.2, 0) is 11.2 Å². The predicted molar refractivity (Wildman–Crippen MR) is 119 cm³/mol. The molecule has 2 aromatic carbocycles. The van der Waals surface area contributed by atoms with E-state index < -0.39 is 11.9 Å². The molecule has 2 N–H and O–H groups in total. The minimum atomic E-state index is -0.500. The number of amides is 2. The molecular formula is C24H20ClN3O4. The first-order valence-corrected chi connectivity index (χ1v) is 10.2. The van der Waals surface area contributed by atoms with Gasteiger partial charge in [0, 0.05) is 25.1 Å². The first-order chi connectivity index (χ1) is 15.4. The van der Waals surface area contributed by atoms with E-state index in [0.29, 0.717) is 29.6 Å². The number of nitriles is 1. The van der Waals surface area contributed by atoms with Gasteiger partial charge in [-0.05, 0) is 54.4 Å². The highest BCUT2D eigenvalue weighted by Crippen LogP contribution is 2.27. The Morgan fingerprint density at radius 3 is 2.53 bits per heavy atom. The predicted octanol–water partition coefficient (Wildman–Crippen LogP) is 3.76. The summed E-state index contributed by atoms with van der Waals surface area (Å²) in [5.41, 5.74) is 2.20. The lowest BCUT2D eigenvalue weighted by Gasteiger charge is -2.19. The van der Waals surface area contributed by atoms with Crippen molar-refractivity contribution in [2.24, 2.45) is 0 Å². The van der Waals surface area contributed by atoms with Crippen LogP contribution in [0.25, 0.3) is 11.3 Å². The number of furan rings is 1. The van der Waals surface area contributed by atoms with E-state index in [2.05, 4.69) is 16.7 Å². The molecule has 7 nitrogen and oxygen atoms in total. The van der Waals surface area contributed by atoms with Crippen molar-refractivity contribution in [3.05, 3.63) is 82.1 Å². The molecule has 162 valence electrons. The zero-order valence-electron chi connectivity index (χ0n) is 17.2. The monoisotopic (exact) mass is 449 g/mol. The molecule has 0 spiro atoms. The van der Waals surface area contributed by atoms with E-state index in [1.165, 1.54) is 13.1 Å². The molecule has 0 saturated heterocycles. The summed E-state index contributed by atoms with van der Waals surface area (Å²) < 4.78 is 5.42. The van der Waals surface area contributed by atoms with E-state index in [-0.39, 0.29) is 28.7 Å². The van der Waals surface area contributed by atoms with Crippen LogP contribution < -0.4 is 10.6 Å². The van der Waals surface area contributed by atoms with Crippen LogP contribution in [0.2, 0.25) is 5.02 Å². The Hall–Kier alpha value is -3.89. The van der Waals surface area contributed by atoms with Gasteiger partial charge < -0.3 is 15.1 Å². The number of hydrogen-bond donors (Lipinski definition) is 2. The van der Waals surface area contributed by atoms with Gasteiger partial charge in [0.1, 0.15) is 5.76 Å². The maximum absolute atomic E-state index is 13.0. The molecule has 0 aliphatic rings. The quantitative estimate of drug-likeness (QED) is 0.508. The highest BCUT2D eigenvalue weighted by atomic mass is 35.5. The molecule has 0 saturated carbocycles. The molecule has 32 heavy (non-hydrogen) atoms. The van der Waals surface area contributed by atoms with Crippen molar-refractivity contribution >= 4 is 29.7 Å². The fraction of sp³-hybridized carbons (Fsp3) is 0.167. The number of nitrogens with zero attached hydrogens (tertiary/aromatic N) is 1. The second-order valence-corrected chi connectivity index (χ2v) is 7.48. The maximum Gasteiger partial charge on any atom is 0.253 e. The summed E-state index contributed by atoms with van der Waals surface area (Å²) in [6, 6.07) is 16.5. The Morgan fingerprint density at radius 2 is 1.91 bits per heavy atom. The Morgan fingerprint density at radius 1 is 1.16 bits per heavy atom. The summed E-state index contributed by atoms with van der Waals surface area (Å²) in [6.45, 7) is 0. The van der Waals surface area contributed by atoms with Crippen LogP contribution in [0.15, 0.2) is 59.0 Å². The number of hydrogen-bond acceptors (Lipinski definition) is 5. The smallest absolute Gasteiger partial charge is 0.253 e. The van der Waals surface area contributed by atoms with Crippen molar-refractivity contribution in [3.8, 4) is 17.4 Å². The molecule has 0 radical (unpaired) electrons. The van der Waals surface area contributed by atoms with E-state index in [1.54, 1.807) is 48.5 Å². The second kappa shape index (κ2) is 10.4. The van der Waals surface area contributed by atoms with Gasteiger partial charge in [0.25, 0.3) is 5.91 Å². The van der Waals surface area contributed by atoms with Gasteiger partial charge in [0.2, 0.25) is 5.91 Å². The van der Waals surface area contributed by atoms with Crippen molar-refractivity contribution in [3.63, 3.8) is 0 Å². The van der Waals surface area contributed by atoms with Crippen molar-refractivity contribution in [1.29, 1.82) is 5.26 Å². The standard InChI is InChI=1S/C24H20ClN3O4/c1-27-23(30)12-18(10-15-2-4-16(13-26)5-3-15)28-24(31)20-11-17(6-8-21(20)25)22-9-7-19(14-29)32-22/h2-9,11,14,18H,10,12H2,1H3,(H,27,30)(H,28,31)/t18-/m1/s1. The van der Waals surface area contributed by atoms with E-state index in [1.807, 2.05) is 0 Å². The minimum Gasteiger partial charge on any atom is -0.453 e. The zero-order valence-corrected chi connectivity index (χ0v) is 18.0. The van der Waals surface area contributed by atoms with Crippen LogP contribution in [0.5, 0.6) is 0 Å². The van der Waals surface area contributed by atoms with Crippen LogP contribution in [0, 0.1) is 11.3 Å². The average molecular weight is 450 g/mol. The molecule has 0 aliphatic carbocycles. The molecular weight excluding hydrogens is 430 g/mol. The topological polar surface area (TPSA) is 112 Å². The van der Waals surface area contributed by atoms with E-state index >= 15 is 0 Å². The summed E-state index contributed by atoms with van der Waals surface area (Å²) >= 11 is 6.26. The molecule has 1 aromatic heterocycles. The van der Waals surface area contributed by atoms with Gasteiger partial charge in [-0.1, -0.05) is 23.7 Å². The van der Waals surface area contributed by atoms with E-state index in [0.717, 1.165) is 5.56 Å². The van der Waals surface area contributed by atoms with Crippen molar-refractivity contribution in [2.75, 3.05) is 7.05 Å². The van der Waals surface area contributed by atoms with E-state index in [9.17, 15) is 14.4 Å². The molecule has 3 rings (SSSR count). The third-order valence-corrected chi connectivity index (χ3v) is 5.18. The van der Waals surface area contributed by atoms with Crippen LogP contribution in [-0.4, -0.2) is 31.2 Å². The van der Waals surface area contributed by atoms with Gasteiger partial charge in [-0.25, -0.2) is 0 Å². The second-order valence-electron chi connectivity index (χ2n) is 7.08. The van der Waals surface area contributed by atoms with Crippen molar-refractivity contribution in [1.82, 2.24) is 10.6 Å². The average Bonchev–Trinajstić information content (AvgIpc) is 3.29. The highest BCUT2D eigenvalue weighted by Gasteiger charge is 2.20. The summed E-state index contributed by atoms with van der Waals surface area (Å²) in [5.74, 6) is -0.0614. The Kier molecular flexibility index (Phi) is 7.42. The van der Waals surface area contributed by atoms with Gasteiger partial charge >= 0.3 is 0 Å². The number of aldehydes is 1. The molecule has 0 fully saturated rings. The normalized spacial score (nSPS) is 11.3. The first kappa shape index (κ1) is 22.8. The number of carbonyl (C=O) groups excluding carboxylic acids is 3. The van der Waals surface area contributed by atoms with Gasteiger partial charge in [-0.2, -0.15) is 5.26 Å². The van der Waals surface area contributed by atoms with Crippen LogP contribution in [0.4, 0.5) is 0 Å². The number of benzene rings is 2. The third-order valence-electron chi connectivity index (χ3n) is 4.85. The fourth-order valence-corrected chi connectivity index (χ4v) is 3.39. The Balaban J connectivity index is 1.82. The lowest BCUT2D eigenvalue weighted by atomic mass is 10.0. The number of rotatable bonds is 8. The van der Waals surface area contributed by atoms with Gasteiger partial charge in [-0.3, -0.25) is 14.4 Å². The Bertz CT molecular complexity index is 1180. The summed E-state index contributed by atoms with van der Waals surface area (Å²) in [6.07, 6.45) is 1.06. The van der Waals surface area contributed by atoms with Crippen LogP contribution in [0.3, 0.4) is 0 Å². The molecule has 0 aliphatic heterocycles. The van der Waals surface area contributed by atoms with Crippen molar-refractivity contribution < 1.29 is 18.8 Å². The third kappa shape index (κ3) is 5.62. The highest BCUT2D eigenvalue weighted by molar-refractivity contribution is 6.34. The van der Waals surface area contributed by atoms with E-state index in [4.69, 9.17) is 21.3 Å². The minimum absolute atomic E-state index is 0.0699. The van der Waals surface area contributed by atoms with Gasteiger partial charge in [-0.15, -0.1) is 0 Å². The number of nitrogens with one attached hydrogen (secondary N) is 2. The zero-order chi connectivity index (χ0) is 23.1. The molecule has 3 aromatic rings. The maximum atomic E-state index is 13.0. The lowest BCUT2D eigenvalue weighted by molar-refractivity contribution is -0.121. The molecule has 2 amide bonds. The number of halogens is 1. The SMILES string of the molecule is CNC(=O)C[C@@H](Cc1ccc(C#N)cc1)NC(=O)c1cc(-c2ccc(C=O)o2)ccc1Cl. The van der Waals surface area contributed by atoms with Gasteiger partial charge in [0.15, 0.2) is 12.0 Å². The Labute approximate surface area is 190 Å². The molecule has 8 heteroatoms. The lowest BCUT2D eigenvalue weighted by Crippen LogP contribution is -2.40. The largest absolute Gasteiger partial charge is 0.453 e. The van der Waals surface area contributed by atoms with Gasteiger partial charge in [0.05, 0.1) is 22.2 Å². The van der Waals surface area contributed by atoms with Crippen LogP contribution in [0.1, 0.15) is 38.5 Å². The molecule has 0 bridgehead atoms. The first-order valence-electron chi connectivity index (χ1n) is 9.79. The fourth-order valence-electron chi connectivity index (χ4n) is 3.19. The molecule has 1 atom stereocenters. The van der Waals surface area contributed by atoms with Crippen LogP contribution >= 0.6 is 11.6 Å².